The number of hydrogen-bond acceptors (Lipinski definition) is 3. The topological polar surface area (TPSA) is 42.3 Å². The Kier molecular flexibility index (Phi) is 4.36. The molecule has 3 rings (SSSR count). The Balaban J connectivity index is 1.89. The molecule has 4 nitrogen and oxygen atoms in total. The summed E-state index contributed by atoms with van der Waals surface area (Å²) in [5.41, 5.74) is 0.914. The van der Waals surface area contributed by atoms with E-state index in [0.29, 0.717) is 29.9 Å². The normalized spacial score (nSPS) is 21.9. The Bertz CT molecular complexity index is 573. The Morgan fingerprint density at radius 3 is 2.80 bits per heavy atom. The minimum atomic E-state index is -3.36. The third-order valence-corrected chi connectivity index (χ3v) is 6.99. The first-order valence-electron chi connectivity index (χ1n) is 6.97. The van der Waals surface area contributed by atoms with Gasteiger partial charge in [0.05, 0.1) is 5.88 Å². The molecule has 0 N–H and O–H groups in total. The molecule has 0 atom stereocenters. The molecule has 1 saturated heterocycles. The van der Waals surface area contributed by atoms with Crippen molar-refractivity contribution in [2.45, 2.75) is 36.1 Å². The van der Waals surface area contributed by atoms with Crippen molar-refractivity contribution in [2.75, 3.05) is 24.6 Å². The molecule has 0 amide bonds. The number of rotatable bonds is 4. The van der Waals surface area contributed by atoms with Crippen LogP contribution in [0.3, 0.4) is 0 Å². The SMILES string of the molecule is O=S(=O)(c1cc(CCl)n(C2CC2)c1)N1CCCSCC1. The van der Waals surface area contributed by atoms with Crippen molar-refractivity contribution in [1.29, 1.82) is 0 Å². The van der Waals surface area contributed by atoms with Crippen molar-refractivity contribution in [3.05, 3.63) is 18.0 Å². The highest BCUT2D eigenvalue weighted by Gasteiger charge is 2.31. The van der Waals surface area contributed by atoms with Crippen molar-refractivity contribution in [3.8, 4) is 0 Å². The van der Waals surface area contributed by atoms with E-state index < -0.39 is 10.0 Å². The Morgan fingerprint density at radius 1 is 1.30 bits per heavy atom. The van der Waals surface area contributed by atoms with Crippen LogP contribution in [0, 0.1) is 0 Å². The van der Waals surface area contributed by atoms with Gasteiger partial charge in [-0.2, -0.15) is 16.1 Å². The first-order valence-corrected chi connectivity index (χ1v) is 10.1. The van der Waals surface area contributed by atoms with E-state index in [2.05, 4.69) is 0 Å². The van der Waals surface area contributed by atoms with Gasteiger partial charge in [0.2, 0.25) is 10.0 Å². The number of hydrogen-bond donors (Lipinski definition) is 0. The van der Waals surface area contributed by atoms with Crippen molar-refractivity contribution in [2.24, 2.45) is 0 Å². The van der Waals surface area contributed by atoms with Crippen LogP contribution >= 0.6 is 23.4 Å². The standard InChI is InChI=1S/C13H19ClN2O2S2/c14-9-12-8-13(10-16(12)11-2-3-11)20(17,18)15-4-1-6-19-7-5-15/h8,10-11H,1-7,9H2. The van der Waals surface area contributed by atoms with E-state index in [1.54, 1.807) is 16.6 Å². The monoisotopic (exact) mass is 334 g/mol. The first kappa shape index (κ1) is 14.8. The first-order chi connectivity index (χ1) is 9.63. The van der Waals surface area contributed by atoms with E-state index in [1.165, 1.54) is 0 Å². The van der Waals surface area contributed by atoms with Gasteiger partial charge >= 0.3 is 0 Å². The summed E-state index contributed by atoms with van der Waals surface area (Å²) in [6.07, 6.45) is 4.95. The summed E-state index contributed by atoms with van der Waals surface area (Å²) in [4.78, 5) is 0.409. The molecule has 112 valence electrons. The van der Waals surface area contributed by atoms with Gasteiger partial charge in [-0.05, 0) is 31.1 Å². The lowest BCUT2D eigenvalue weighted by atomic mass is 10.5. The molecule has 1 aliphatic carbocycles. The molecule has 2 heterocycles. The summed E-state index contributed by atoms with van der Waals surface area (Å²) in [6.45, 7) is 1.23. The number of nitrogens with zero attached hydrogens (tertiary/aromatic N) is 2. The Labute approximate surface area is 129 Å². The lowest BCUT2D eigenvalue weighted by Crippen LogP contribution is -2.32. The summed E-state index contributed by atoms with van der Waals surface area (Å²) in [6, 6.07) is 2.20. The second kappa shape index (κ2) is 5.91. The van der Waals surface area contributed by atoms with Crippen LogP contribution in [0.4, 0.5) is 0 Å². The maximum atomic E-state index is 12.7. The van der Waals surface area contributed by atoms with E-state index in [-0.39, 0.29) is 0 Å². The number of halogens is 1. The van der Waals surface area contributed by atoms with Crippen LogP contribution in [0.1, 0.15) is 31.0 Å². The third kappa shape index (κ3) is 2.89. The minimum Gasteiger partial charge on any atom is -0.346 e. The maximum Gasteiger partial charge on any atom is 0.244 e. The molecule has 1 aliphatic heterocycles. The van der Waals surface area contributed by atoms with Gasteiger partial charge in [-0.25, -0.2) is 8.42 Å². The molecule has 1 saturated carbocycles. The summed E-state index contributed by atoms with van der Waals surface area (Å²) in [5, 5.41) is 0. The van der Waals surface area contributed by atoms with Crippen LogP contribution in [-0.4, -0.2) is 41.9 Å². The molecule has 20 heavy (non-hydrogen) atoms. The van der Waals surface area contributed by atoms with E-state index in [9.17, 15) is 8.42 Å². The second-order valence-corrected chi connectivity index (χ2v) is 8.74. The summed E-state index contributed by atoms with van der Waals surface area (Å²) < 4.78 is 29.1. The van der Waals surface area contributed by atoms with E-state index in [4.69, 9.17) is 11.6 Å². The molecule has 0 bridgehead atoms. The molecule has 0 radical (unpaired) electrons. The highest BCUT2D eigenvalue weighted by atomic mass is 35.5. The molecule has 1 aromatic rings. The van der Waals surface area contributed by atoms with Gasteiger partial charge in [0.1, 0.15) is 4.90 Å². The van der Waals surface area contributed by atoms with Crippen LogP contribution in [0.25, 0.3) is 0 Å². The lowest BCUT2D eigenvalue weighted by Gasteiger charge is -2.18. The van der Waals surface area contributed by atoms with E-state index in [1.807, 2.05) is 16.3 Å². The Hall–Kier alpha value is -0.170. The fraction of sp³-hybridized carbons (Fsp3) is 0.692. The molecule has 0 unspecified atom stereocenters. The van der Waals surface area contributed by atoms with E-state index in [0.717, 1.165) is 36.5 Å². The van der Waals surface area contributed by atoms with Gasteiger partial charge in [0.15, 0.2) is 0 Å². The zero-order chi connectivity index (χ0) is 14.2. The molecule has 1 aromatic heterocycles. The van der Waals surface area contributed by atoms with Gasteiger partial charge < -0.3 is 4.57 Å². The highest BCUT2D eigenvalue weighted by Crippen LogP contribution is 2.38. The Morgan fingerprint density at radius 2 is 2.10 bits per heavy atom. The van der Waals surface area contributed by atoms with Crippen molar-refractivity contribution in [3.63, 3.8) is 0 Å². The molecule has 2 fully saturated rings. The van der Waals surface area contributed by atoms with Gasteiger partial charge in [-0.1, -0.05) is 0 Å². The van der Waals surface area contributed by atoms with Crippen LogP contribution in [0.5, 0.6) is 0 Å². The second-order valence-electron chi connectivity index (χ2n) is 5.31. The average molecular weight is 335 g/mol. The fourth-order valence-corrected chi connectivity index (χ4v) is 5.30. The third-order valence-electron chi connectivity index (χ3n) is 3.80. The zero-order valence-electron chi connectivity index (χ0n) is 11.3. The summed E-state index contributed by atoms with van der Waals surface area (Å²) in [7, 11) is -3.36. The number of sulfonamides is 1. The predicted molar refractivity (Wildman–Crippen MR) is 83.0 cm³/mol. The molecular weight excluding hydrogens is 316 g/mol. The molecule has 0 spiro atoms. The lowest BCUT2D eigenvalue weighted by molar-refractivity contribution is 0.435. The van der Waals surface area contributed by atoms with Crippen molar-refractivity contribution < 1.29 is 8.42 Å². The summed E-state index contributed by atoms with van der Waals surface area (Å²) in [5.74, 6) is 2.29. The average Bonchev–Trinajstić information content (AvgIpc) is 3.22. The number of thioether (sulfide) groups is 1. The smallest absolute Gasteiger partial charge is 0.244 e. The highest BCUT2D eigenvalue weighted by molar-refractivity contribution is 7.99. The molecule has 2 aliphatic rings. The van der Waals surface area contributed by atoms with Crippen molar-refractivity contribution in [1.82, 2.24) is 8.87 Å². The zero-order valence-corrected chi connectivity index (χ0v) is 13.7. The maximum absolute atomic E-state index is 12.7. The van der Waals surface area contributed by atoms with Gasteiger partial charge in [0.25, 0.3) is 0 Å². The largest absolute Gasteiger partial charge is 0.346 e. The molecule has 0 aromatic carbocycles. The quantitative estimate of drug-likeness (QED) is 0.795. The van der Waals surface area contributed by atoms with Gasteiger partial charge in [-0.15, -0.1) is 11.6 Å². The molecular formula is C13H19ClN2O2S2. The van der Waals surface area contributed by atoms with Crippen molar-refractivity contribution >= 4 is 33.4 Å². The van der Waals surface area contributed by atoms with Gasteiger partial charge in [-0.3, -0.25) is 0 Å². The van der Waals surface area contributed by atoms with Crippen LogP contribution in [0.2, 0.25) is 0 Å². The molecule has 7 heteroatoms. The van der Waals surface area contributed by atoms with Crippen LogP contribution in [-0.2, 0) is 15.9 Å². The van der Waals surface area contributed by atoms with Crippen LogP contribution < -0.4 is 0 Å². The number of aromatic nitrogens is 1. The van der Waals surface area contributed by atoms with Gasteiger partial charge in [0, 0.05) is 36.8 Å². The number of alkyl halides is 1. The minimum absolute atomic E-state index is 0.363. The fourth-order valence-electron chi connectivity index (χ4n) is 2.55. The van der Waals surface area contributed by atoms with E-state index >= 15 is 0 Å². The predicted octanol–water partition coefficient (Wildman–Crippen LogP) is 2.69. The van der Waals surface area contributed by atoms with Crippen LogP contribution in [0.15, 0.2) is 17.2 Å². The summed E-state index contributed by atoms with van der Waals surface area (Å²) >= 11 is 7.77.